The van der Waals surface area contributed by atoms with Gasteiger partial charge in [0.2, 0.25) is 0 Å². The van der Waals surface area contributed by atoms with Crippen LogP contribution in [0.15, 0.2) is 0 Å². The van der Waals surface area contributed by atoms with Crippen molar-refractivity contribution in [1.82, 2.24) is 36.1 Å². The smallest absolute Gasteiger partial charge is 0.272 e. The quantitative estimate of drug-likeness (QED) is 0.644. The molecule has 0 spiro atoms. The highest BCUT2D eigenvalue weighted by Crippen LogP contribution is 2.22. The number of tetrazole rings is 1. The summed E-state index contributed by atoms with van der Waals surface area (Å²) in [6, 6.07) is 0. The van der Waals surface area contributed by atoms with Crippen molar-refractivity contribution in [2.75, 3.05) is 6.54 Å². The van der Waals surface area contributed by atoms with Gasteiger partial charge in [-0.1, -0.05) is 5.21 Å². The number of aromatic nitrogens is 6. The number of carbonyl (C=O) groups excluding carboxylic acids is 1. The van der Waals surface area contributed by atoms with E-state index in [1.165, 1.54) is 0 Å². The molecule has 0 saturated carbocycles. The van der Waals surface area contributed by atoms with Crippen LogP contribution in [0.1, 0.15) is 40.4 Å². The third-order valence-corrected chi connectivity index (χ3v) is 3.27. The minimum absolute atomic E-state index is 0.104. The molecule has 0 saturated heterocycles. The molecule has 0 radical (unpaired) electrons. The van der Waals surface area contributed by atoms with Gasteiger partial charge in [-0.3, -0.25) is 9.89 Å². The number of rotatable bonds is 5. The van der Waals surface area contributed by atoms with Gasteiger partial charge in [-0.05, 0) is 25.7 Å². The van der Waals surface area contributed by atoms with Crippen LogP contribution in [0.4, 0.5) is 0 Å². The third-order valence-electron chi connectivity index (χ3n) is 3.27. The third kappa shape index (κ3) is 2.47. The number of hydrogen-bond donors (Lipinski definition) is 3. The molecule has 0 aliphatic heterocycles. The number of fused-ring (bicyclic) bond motifs is 1. The monoisotopic (exact) mass is 261 g/mol. The van der Waals surface area contributed by atoms with Crippen LogP contribution < -0.4 is 5.32 Å². The van der Waals surface area contributed by atoms with E-state index in [0.717, 1.165) is 36.9 Å². The molecule has 0 aromatic carbocycles. The lowest BCUT2D eigenvalue weighted by Crippen LogP contribution is -2.26. The standard InChI is InChI=1S/C11H15N7O/c19-11(10-7-3-1-4-8(7)13-16-10)12-6-2-5-9-14-17-18-15-9/h1-6H2,(H,12,19)(H,13,16)(H,14,15,17,18). The van der Waals surface area contributed by atoms with Crippen LogP contribution in [0.2, 0.25) is 0 Å². The second-order valence-corrected chi connectivity index (χ2v) is 4.57. The lowest BCUT2D eigenvalue weighted by Gasteiger charge is -2.02. The van der Waals surface area contributed by atoms with Gasteiger partial charge in [0.15, 0.2) is 11.5 Å². The molecule has 2 aromatic heterocycles. The maximum absolute atomic E-state index is 12.0. The summed E-state index contributed by atoms with van der Waals surface area (Å²) >= 11 is 0. The van der Waals surface area contributed by atoms with E-state index < -0.39 is 0 Å². The molecule has 0 atom stereocenters. The van der Waals surface area contributed by atoms with E-state index >= 15 is 0 Å². The second-order valence-electron chi connectivity index (χ2n) is 4.57. The normalized spacial score (nSPS) is 13.5. The summed E-state index contributed by atoms with van der Waals surface area (Å²) in [5, 5.41) is 23.5. The zero-order valence-corrected chi connectivity index (χ0v) is 10.4. The van der Waals surface area contributed by atoms with Gasteiger partial charge < -0.3 is 5.32 Å². The number of carbonyl (C=O) groups is 1. The largest absolute Gasteiger partial charge is 0.351 e. The topological polar surface area (TPSA) is 112 Å². The van der Waals surface area contributed by atoms with Gasteiger partial charge in [0.1, 0.15) is 0 Å². The zero-order valence-electron chi connectivity index (χ0n) is 10.4. The van der Waals surface area contributed by atoms with Crippen molar-refractivity contribution in [3.63, 3.8) is 0 Å². The van der Waals surface area contributed by atoms with E-state index in [4.69, 9.17) is 0 Å². The van der Waals surface area contributed by atoms with Crippen LogP contribution in [-0.2, 0) is 19.3 Å². The van der Waals surface area contributed by atoms with Crippen LogP contribution in [0, 0.1) is 0 Å². The van der Waals surface area contributed by atoms with Crippen LogP contribution in [0.25, 0.3) is 0 Å². The molecule has 1 aliphatic rings. The highest BCUT2D eigenvalue weighted by atomic mass is 16.1. The molecule has 100 valence electrons. The van der Waals surface area contributed by atoms with Gasteiger partial charge in [-0.25, -0.2) is 0 Å². The van der Waals surface area contributed by atoms with Gasteiger partial charge >= 0.3 is 0 Å². The molecule has 2 aromatic rings. The van der Waals surface area contributed by atoms with Crippen molar-refractivity contribution in [2.24, 2.45) is 0 Å². The fraction of sp³-hybridized carbons (Fsp3) is 0.545. The molecule has 2 heterocycles. The Morgan fingerprint density at radius 2 is 2.26 bits per heavy atom. The summed E-state index contributed by atoms with van der Waals surface area (Å²) in [6.45, 7) is 0.578. The van der Waals surface area contributed by atoms with Gasteiger partial charge in [-0.15, -0.1) is 10.2 Å². The van der Waals surface area contributed by atoms with Gasteiger partial charge in [0.05, 0.1) is 0 Å². The summed E-state index contributed by atoms with van der Waals surface area (Å²) in [5.41, 5.74) is 2.74. The minimum atomic E-state index is -0.104. The Bertz CT molecular complexity index is 560. The van der Waals surface area contributed by atoms with Crippen molar-refractivity contribution in [2.45, 2.75) is 32.1 Å². The van der Waals surface area contributed by atoms with E-state index in [0.29, 0.717) is 24.5 Å². The van der Waals surface area contributed by atoms with Gasteiger partial charge in [0.25, 0.3) is 5.91 Å². The number of aryl methyl sites for hydroxylation is 2. The maximum atomic E-state index is 12.0. The lowest BCUT2D eigenvalue weighted by molar-refractivity contribution is 0.0947. The first-order chi connectivity index (χ1) is 9.34. The Kier molecular flexibility index (Phi) is 3.21. The Labute approximate surface area is 109 Å². The lowest BCUT2D eigenvalue weighted by atomic mass is 10.2. The molecule has 1 amide bonds. The van der Waals surface area contributed by atoms with Crippen molar-refractivity contribution in [3.05, 3.63) is 22.8 Å². The molecule has 0 bridgehead atoms. The summed E-state index contributed by atoms with van der Waals surface area (Å²) in [5.74, 6) is 0.558. The number of hydrogen-bond acceptors (Lipinski definition) is 5. The van der Waals surface area contributed by atoms with E-state index in [-0.39, 0.29) is 5.91 Å². The molecule has 3 rings (SSSR count). The number of nitrogens with zero attached hydrogens (tertiary/aromatic N) is 4. The predicted molar refractivity (Wildman–Crippen MR) is 65.4 cm³/mol. The Hall–Kier alpha value is -2.25. The summed E-state index contributed by atoms with van der Waals surface area (Å²) in [6.07, 6.45) is 4.50. The highest BCUT2D eigenvalue weighted by molar-refractivity contribution is 5.94. The molecular weight excluding hydrogens is 246 g/mol. The van der Waals surface area contributed by atoms with Crippen LogP contribution in [0.3, 0.4) is 0 Å². The molecule has 1 aliphatic carbocycles. The Morgan fingerprint density at radius 1 is 1.32 bits per heavy atom. The summed E-state index contributed by atoms with van der Waals surface area (Å²) in [7, 11) is 0. The van der Waals surface area contributed by atoms with Crippen molar-refractivity contribution in [1.29, 1.82) is 0 Å². The van der Waals surface area contributed by atoms with Crippen molar-refractivity contribution >= 4 is 5.91 Å². The van der Waals surface area contributed by atoms with Crippen LogP contribution >= 0.6 is 0 Å². The number of nitrogens with one attached hydrogen (secondary N) is 3. The van der Waals surface area contributed by atoms with Gasteiger partial charge in [-0.2, -0.15) is 10.3 Å². The average Bonchev–Trinajstić information content (AvgIpc) is 3.10. The van der Waals surface area contributed by atoms with Gasteiger partial charge in [0, 0.05) is 24.2 Å². The zero-order chi connectivity index (χ0) is 13.1. The molecule has 19 heavy (non-hydrogen) atoms. The molecule has 0 unspecified atom stereocenters. The Morgan fingerprint density at radius 3 is 3.11 bits per heavy atom. The highest BCUT2D eigenvalue weighted by Gasteiger charge is 2.22. The first kappa shape index (κ1) is 11.8. The fourth-order valence-corrected chi connectivity index (χ4v) is 2.33. The number of amides is 1. The minimum Gasteiger partial charge on any atom is -0.351 e. The Balaban J connectivity index is 1.48. The molecule has 8 heteroatoms. The first-order valence-corrected chi connectivity index (χ1v) is 6.41. The summed E-state index contributed by atoms with van der Waals surface area (Å²) in [4.78, 5) is 12.0. The predicted octanol–water partition coefficient (Wildman–Crippen LogP) is -0.226. The van der Waals surface area contributed by atoms with Crippen LogP contribution in [-0.4, -0.2) is 43.3 Å². The van der Waals surface area contributed by atoms with Crippen LogP contribution in [0.5, 0.6) is 0 Å². The van der Waals surface area contributed by atoms with Crippen molar-refractivity contribution < 1.29 is 4.79 Å². The molecular formula is C11H15N7O. The van der Waals surface area contributed by atoms with E-state index in [1.807, 2.05) is 0 Å². The fourth-order valence-electron chi connectivity index (χ4n) is 2.33. The van der Waals surface area contributed by atoms with E-state index in [9.17, 15) is 4.79 Å². The first-order valence-electron chi connectivity index (χ1n) is 6.41. The molecule has 0 fully saturated rings. The second kappa shape index (κ2) is 5.17. The average molecular weight is 261 g/mol. The molecule has 3 N–H and O–H groups in total. The molecule has 8 nitrogen and oxygen atoms in total. The SMILES string of the molecule is O=C(NCCCc1nn[nH]n1)c1n[nH]c2c1CCC2. The van der Waals surface area contributed by atoms with Crippen molar-refractivity contribution in [3.8, 4) is 0 Å². The number of aromatic amines is 2. The maximum Gasteiger partial charge on any atom is 0.272 e. The van der Waals surface area contributed by atoms with E-state index in [2.05, 4.69) is 36.1 Å². The number of H-pyrrole nitrogens is 2. The summed E-state index contributed by atoms with van der Waals surface area (Å²) < 4.78 is 0. The van der Waals surface area contributed by atoms with E-state index in [1.54, 1.807) is 0 Å².